The molecule has 0 aromatic heterocycles. The lowest BCUT2D eigenvalue weighted by molar-refractivity contribution is 0.227. The Morgan fingerprint density at radius 2 is 1.69 bits per heavy atom. The van der Waals surface area contributed by atoms with Gasteiger partial charge in [0, 0.05) is 45.3 Å². The van der Waals surface area contributed by atoms with Gasteiger partial charge in [-0.2, -0.15) is 4.31 Å². The molecule has 9 heteroatoms. The normalized spacial score (nSPS) is 35.0. The van der Waals surface area contributed by atoms with Crippen LogP contribution in [0, 0.1) is 0 Å². The highest BCUT2D eigenvalue weighted by Crippen LogP contribution is 2.30. The first-order valence-electron chi connectivity index (χ1n) is 9.79. The van der Waals surface area contributed by atoms with Gasteiger partial charge in [0.25, 0.3) is 0 Å². The Hall–Kier alpha value is -0.740. The minimum absolute atomic E-state index is 0.162. The summed E-state index contributed by atoms with van der Waals surface area (Å²) in [6, 6.07) is -0.193. The number of fused-ring (bicyclic) bond motifs is 4. The maximum absolute atomic E-state index is 14.2. The molecule has 1 unspecified atom stereocenters. The molecular weight excluding hydrogens is 357 g/mol. The molecule has 4 fully saturated rings. The summed E-state index contributed by atoms with van der Waals surface area (Å²) < 4.78 is 42.5. The summed E-state index contributed by atoms with van der Waals surface area (Å²) in [6.07, 6.45) is 2.98. The Morgan fingerprint density at radius 1 is 1.00 bits per heavy atom. The van der Waals surface area contributed by atoms with Crippen LogP contribution in [0.25, 0.3) is 0 Å². The van der Waals surface area contributed by atoms with E-state index in [0.29, 0.717) is 44.7 Å². The molecule has 0 saturated carbocycles. The van der Waals surface area contributed by atoms with Crippen molar-refractivity contribution in [3.05, 3.63) is 11.5 Å². The molecule has 0 amide bonds. The molecule has 5 heterocycles. The van der Waals surface area contributed by atoms with Crippen molar-refractivity contribution in [1.82, 2.24) is 19.4 Å². The second kappa shape index (κ2) is 7.35. The molecule has 148 valence electrons. The van der Waals surface area contributed by atoms with E-state index in [2.05, 4.69) is 10.2 Å². The van der Waals surface area contributed by atoms with Crippen molar-refractivity contribution in [2.75, 3.05) is 52.4 Å². The van der Waals surface area contributed by atoms with Crippen molar-refractivity contribution in [2.45, 2.75) is 43.0 Å². The topological polar surface area (TPSA) is 81.9 Å². The lowest BCUT2D eigenvalue weighted by atomic mass is 10.0. The summed E-state index contributed by atoms with van der Waals surface area (Å²) in [6.45, 7) is 5.37. The average molecular weight is 388 g/mol. The molecule has 1 atom stereocenters. The third kappa shape index (κ3) is 3.40. The van der Waals surface area contributed by atoms with E-state index in [0.717, 1.165) is 32.5 Å². The fourth-order valence-electron chi connectivity index (χ4n) is 4.91. The first kappa shape index (κ1) is 18.6. The average Bonchev–Trinajstić information content (AvgIpc) is 2.96. The monoisotopic (exact) mass is 387 g/mol. The maximum Gasteiger partial charge on any atom is 0.217 e. The van der Waals surface area contributed by atoms with Crippen molar-refractivity contribution in [1.29, 1.82) is 0 Å². The number of hydrogen-bond acceptors (Lipinski definition) is 6. The number of hydrogen-bond donors (Lipinski definition) is 2. The molecule has 2 bridgehead atoms. The molecule has 5 aliphatic heterocycles. The summed E-state index contributed by atoms with van der Waals surface area (Å²) in [4.78, 5) is 4.33. The standard InChI is InChI=1S/C17H30FN5O2S/c18-15-11-20-12-16(19)17(15)22-7-3-14(4-8-22)26(24,25)23-10-9-21-5-1-13(23)2-6-21/h13-14,16,20H,1-12,19H2. The zero-order valence-corrected chi connectivity index (χ0v) is 16.1. The predicted molar refractivity (Wildman–Crippen MR) is 98.7 cm³/mol. The maximum atomic E-state index is 14.2. The number of sulfonamides is 1. The summed E-state index contributed by atoms with van der Waals surface area (Å²) in [5.74, 6) is -0.205. The van der Waals surface area contributed by atoms with E-state index in [-0.39, 0.29) is 29.7 Å². The molecule has 0 aliphatic carbocycles. The molecule has 5 aliphatic rings. The second-order valence-electron chi connectivity index (χ2n) is 7.94. The first-order chi connectivity index (χ1) is 12.5. The van der Waals surface area contributed by atoms with Gasteiger partial charge in [0.15, 0.2) is 0 Å². The number of likely N-dealkylation sites (tertiary alicyclic amines) is 1. The van der Waals surface area contributed by atoms with Gasteiger partial charge in [0.1, 0.15) is 5.83 Å². The summed E-state index contributed by atoms with van der Waals surface area (Å²) in [5, 5.41) is 2.61. The predicted octanol–water partition coefficient (Wildman–Crippen LogP) is -0.328. The fraction of sp³-hybridized carbons (Fsp3) is 0.882. The second-order valence-corrected chi connectivity index (χ2v) is 10.1. The van der Waals surface area contributed by atoms with Crippen molar-refractivity contribution < 1.29 is 12.8 Å². The van der Waals surface area contributed by atoms with Gasteiger partial charge in [-0.3, -0.25) is 0 Å². The first-order valence-corrected chi connectivity index (χ1v) is 11.3. The third-order valence-corrected chi connectivity index (χ3v) is 8.85. The molecule has 7 nitrogen and oxygen atoms in total. The van der Waals surface area contributed by atoms with Crippen molar-refractivity contribution in [2.24, 2.45) is 5.73 Å². The third-order valence-electron chi connectivity index (χ3n) is 6.41. The molecule has 0 spiro atoms. The Balaban J connectivity index is 1.44. The smallest absolute Gasteiger partial charge is 0.217 e. The molecule has 0 aromatic rings. The van der Waals surface area contributed by atoms with E-state index in [1.807, 2.05) is 4.90 Å². The van der Waals surface area contributed by atoms with Gasteiger partial charge >= 0.3 is 0 Å². The minimum Gasteiger partial charge on any atom is -0.371 e. The van der Waals surface area contributed by atoms with Crippen LogP contribution in [0.4, 0.5) is 4.39 Å². The van der Waals surface area contributed by atoms with Crippen LogP contribution in [-0.2, 0) is 10.0 Å². The highest BCUT2D eigenvalue weighted by Gasteiger charge is 2.41. The van der Waals surface area contributed by atoms with Gasteiger partial charge in [0.2, 0.25) is 10.0 Å². The minimum atomic E-state index is -3.30. The molecule has 0 radical (unpaired) electrons. The van der Waals surface area contributed by atoms with Gasteiger partial charge in [-0.05, 0) is 38.8 Å². The van der Waals surface area contributed by atoms with Crippen molar-refractivity contribution >= 4 is 10.0 Å². The SMILES string of the molecule is NC1CNCC(F)=C1N1CCC(S(=O)(=O)N2CCN3CCC2CC3)CC1. The number of halogens is 1. The zero-order valence-electron chi connectivity index (χ0n) is 15.2. The molecule has 4 saturated heterocycles. The van der Waals surface area contributed by atoms with Crippen LogP contribution >= 0.6 is 0 Å². The van der Waals surface area contributed by atoms with Gasteiger partial charge in [0.05, 0.1) is 17.0 Å². The van der Waals surface area contributed by atoms with Crippen LogP contribution < -0.4 is 11.1 Å². The van der Waals surface area contributed by atoms with Gasteiger partial charge in [-0.15, -0.1) is 0 Å². The lowest BCUT2D eigenvalue weighted by Crippen LogP contribution is -2.52. The highest BCUT2D eigenvalue weighted by molar-refractivity contribution is 7.89. The van der Waals surface area contributed by atoms with Crippen LogP contribution in [0.3, 0.4) is 0 Å². The lowest BCUT2D eigenvalue weighted by Gasteiger charge is -2.40. The zero-order chi connectivity index (χ0) is 18.3. The quantitative estimate of drug-likeness (QED) is 0.690. The number of rotatable bonds is 3. The largest absolute Gasteiger partial charge is 0.371 e. The van der Waals surface area contributed by atoms with Crippen molar-refractivity contribution in [3.63, 3.8) is 0 Å². The number of nitrogens with one attached hydrogen (secondary N) is 1. The van der Waals surface area contributed by atoms with Crippen LogP contribution in [0.1, 0.15) is 25.7 Å². The molecular formula is C17H30FN5O2S. The number of nitrogens with two attached hydrogens (primary N) is 1. The summed E-state index contributed by atoms with van der Waals surface area (Å²) >= 11 is 0. The fourth-order valence-corrected chi connectivity index (χ4v) is 7.06. The molecule has 3 N–H and O–H groups in total. The highest BCUT2D eigenvalue weighted by atomic mass is 32.2. The van der Waals surface area contributed by atoms with Crippen LogP contribution in [0.5, 0.6) is 0 Å². The van der Waals surface area contributed by atoms with E-state index >= 15 is 0 Å². The molecule has 0 aromatic carbocycles. The van der Waals surface area contributed by atoms with Crippen LogP contribution in [-0.4, -0.2) is 92.2 Å². The Bertz CT molecular complexity index is 654. The van der Waals surface area contributed by atoms with Crippen LogP contribution in [0.15, 0.2) is 11.5 Å². The van der Waals surface area contributed by atoms with E-state index < -0.39 is 10.0 Å². The van der Waals surface area contributed by atoms with E-state index in [1.54, 1.807) is 4.31 Å². The Labute approximate surface area is 155 Å². The van der Waals surface area contributed by atoms with Gasteiger partial charge in [-0.1, -0.05) is 0 Å². The van der Waals surface area contributed by atoms with E-state index in [1.165, 1.54) is 0 Å². The molecule has 5 rings (SSSR count). The summed E-state index contributed by atoms with van der Waals surface area (Å²) in [7, 11) is -3.30. The van der Waals surface area contributed by atoms with E-state index in [4.69, 9.17) is 5.73 Å². The molecule has 26 heavy (non-hydrogen) atoms. The summed E-state index contributed by atoms with van der Waals surface area (Å²) in [5.41, 5.74) is 6.63. The van der Waals surface area contributed by atoms with Crippen molar-refractivity contribution in [3.8, 4) is 0 Å². The van der Waals surface area contributed by atoms with Gasteiger partial charge < -0.3 is 20.9 Å². The Morgan fingerprint density at radius 3 is 2.35 bits per heavy atom. The van der Waals surface area contributed by atoms with Crippen LogP contribution in [0.2, 0.25) is 0 Å². The number of nitrogens with zero attached hydrogens (tertiary/aromatic N) is 3. The van der Waals surface area contributed by atoms with E-state index in [9.17, 15) is 12.8 Å². The number of piperidine rings is 2. The Kier molecular flexibility index (Phi) is 5.26. The van der Waals surface area contributed by atoms with Gasteiger partial charge in [-0.25, -0.2) is 12.8 Å².